The number of rotatable bonds is 5. The number of hydrogen-bond acceptors (Lipinski definition) is 6. The van der Waals surface area contributed by atoms with Crippen LogP contribution in [0.1, 0.15) is 49.6 Å². The fourth-order valence-corrected chi connectivity index (χ4v) is 8.19. The third kappa shape index (κ3) is 5.37. The number of aryl methyl sites for hydroxylation is 1. The molecule has 1 saturated heterocycles. The van der Waals surface area contributed by atoms with Gasteiger partial charge in [-0.05, 0) is 69.0 Å². The second-order valence-electron chi connectivity index (χ2n) is 10.1. The molecule has 3 amide bonds. The molecule has 0 atom stereocenters. The maximum atomic E-state index is 13.7. The highest BCUT2D eigenvalue weighted by molar-refractivity contribution is 7.17. The van der Waals surface area contributed by atoms with Gasteiger partial charge in [0.2, 0.25) is 0 Å². The summed E-state index contributed by atoms with van der Waals surface area (Å²) in [6, 6.07) is 3.80. The molecule has 0 spiro atoms. The van der Waals surface area contributed by atoms with Gasteiger partial charge in [0, 0.05) is 67.0 Å². The van der Waals surface area contributed by atoms with E-state index in [0.717, 1.165) is 87.5 Å². The SMILES string of the molecule is CN1CCN(C(=O)c2c(NC(=O)NCc3c(-n4cccc4)sc4c3CCNC4)sc3c2CCCC3)CC1.Cl. The molecule has 0 radical (unpaired) electrons. The zero-order valence-corrected chi connectivity index (χ0v) is 24.1. The van der Waals surface area contributed by atoms with Crippen LogP contribution in [0.2, 0.25) is 0 Å². The number of carbonyl (C=O) groups is 2. The number of aromatic nitrogens is 1. The number of halogens is 1. The Kier molecular flexibility index (Phi) is 8.44. The first-order valence-corrected chi connectivity index (χ1v) is 14.9. The molecule has 8 nitrogen and oxygen atoms in total. The van der Waals surface area contributed by atoms with Gasteiger partial charge in [0.05, 0.1) is 5.56 Å². The second-order valence-corrected chi connectivity index (χ2v) is 12.3. The molecule has 6 rings (SSSR count). The summed E-state index contributed by atoms with van der Waals surface area (Å²) in [4.78, 5) is 33.7. The van der Waals surface area contributed by atoms with Crippen molar-refractivity contribution in [3.8, 4) is 5.00 Å². The van der Waals surface area contributed by atoms with Crippen molar-refractivity contribution < 1.29 is 9.59 Å². The van der Waals surface area contributed by atoms with Crippen LogP contribution < -0.4 is 16.0 Å². The molecule has 11 heteroatoms. The van der Waals surface area contributed by atoms with Gasteiger partial charge in [-0.3, -0.25) is 10.1 Å². The number of likely N-dealkylation sites (N-methyl/N-ethyl adjacent to an activating group) is 1. The quantitative estimate of drug-likeness (QED) is 0.425. The number of carbonyl (C=O) groups excluding carboxylic acids is 2. The Bertz CT molecular complexity index is 1290. The summed E-state index contributed by atoms with van der Waals surface area (Å²) < 4.78 is 2.14. The lowest BCUT2D eigenvalue weighted by molar-refractivity contribution is 0.0664. The van der Waals surface area contributed by atoms with E-state index in [0.29, 0.717) is 11.5 Å². The molecule has 1 aliphatic carbocycles. The lowest BCUT2D eigenvalue weighted by atomic mass is 9.95. The summed E-state index contributed by atoms with van der Waals surface area (Å²) in [5, 5.41) is 11.5. The fourth-order valence-electron chi connectivity index (χ4n) is 5.61. The molecular weight excluding hydrogens is 540 g/mol. The first kappa shape index (κ1) is 27.2. The summed E-state index contributed by atoms with van der Waals surface area (Å²) in [5.41, 5.74) is 4.42. The van der Waals surface area contributed by atoms with E-state index in [1.165, 1.54) is 20.9 Å². The van der Waals surface area contributed by atoms with Gasteiger partial charge in [0.25, 0.3) is 5.91 Å². The number of amides is 3. The second kappa shape index (κ2) is 11.8. The molecule has 0 saturated carbocycles. The summed E-state index contributed by atoms with van der Waals surface area (Å²) >= 11 is 3.38. The van der Waals surface area contributed by atoms with Crippen molar-refractivity contribution >= 4 is 52.0 Å². The minimum Gasteiger partial charge on any atom is -0.336 e. The van der Waals surface area contributed by atoms with Crippen molar-refractivity contribution in [2.24, 2.45) is 0 Å². The Morgan fingerprint density at radius 2 is 1.74 bits per heavy atom. The zero-order chi connectivity index (χ0) is 25.4. The summed E-state index contributed by atoms with van der Waals surface area (Å²) in [7, 11) is 2.09. The smallest absolute Gasteiger partial charge is 0.320 e. The van der Waals surface area contributed by atoms with Crippen LogP contribution in [0.25, 0.3) is 5.00 Å². The van der Waals surface area contributed by atoms with Gasteiger partial charge in [-0.2, -0.15) is 0 Å². The van der Waals surface area contributed by atoms with E-state index in [1.807, 2.05) is 17.0 Å². The molecule has 3 aromatic rings. The van der Waals surface area contributed by atoms with Gasteiger partial charge in [-0.25, -0.2) is 4.79 Å². The van der Waals surface area contributed by atoms with Crippen LogP contribution in [0.15, 0.2) is 24.5 Å². The topological polar surface area (TPSA) is 81.6 Å². The van der Waals surface area contributed by atoms with E-state index >= 15 is 0 Å². The molecule has 38 heavy (non-hydrogen) atoms. The maximum Gasteiger partial charge on any atom is 0.320 e. The van der Waals surface area contributed by atoms with E-state index in [1.54, 1.807) is 22.7 Å². The number of piperazine rings is 1. The van der Waals surface area contributed by atoms with E-state index in [4.69, 9.17) is 0 Å². The number of nitrogens with zero attached hydrogens (tertiary/aromatic N) is 3. The predicted octanol–water partition coefficient (Wildman–Crippen LogP) is 4.26. The average molecular weight is 575 g/mol. The number of hydrogen-bond donors (Lipinski definition) is 3. The average Bonchev–Trinajstić information content (AvgIpc) is 3.64. The normalized spacial score (nSPS) is 17.3. The predicted molar refractivity (Wildman–Crippen MR) is 157 cm³/mol. The molecule has 1 fully saturated rings. The molecule has 204 valence electrons. The van der Waals surface area contributed by atoms with Gasteiger partial charge >= 0.3 is 6.03 Å². The van der Waals surface area contributed by atoms with Gasteiger partial charge in [0.1, 0.15) is 10.0 Å². The molecule has 2 aliphatic heterocycles. The molecule has 0 unspecified atom stereocenters. The first-order valence-electron chi connectivity index (χ1n) is 13.2. The lowest BCUT2D eigenvalue weighted by Crippen LogP contribution is -2.47. The summed E-state index contributed by atoms with van der Waals surface area (Å²) in [5.74, 6) is 0.0668. The first-order chi connectivity index (χ1) is 18.1. The fraction of sp³-hybridized carbons (Fsp3) is 0.481. The Morgan fingerprint density at radius 3 is 2.53 bits per heavy atom. The Balaban J connectivity index is 0.00000294. The van der Waals surface area contributed by atoms with E-state index in [-0.39, 0.29) is 24.3 Å². The van der Waals surface area contributed by atoms with E-state index in [9.17, 15) is 9.59 Å². The van der Waals surface area contributed by atoms with Crippen LogP contribution in [0.5, 0.6) is 0 Å². The van der Waals surface area contributed by atoms with Crippen LogP contribution in [0.3, 0.4) is 0 Å². The summed E-state index contributed by atoms with van der Waals surface area (Å²) in [6.07, 6.45) is 9.22. The Hall–Kier alpha value is -2.37. The summed E-state index contributed by atoms with van der Waals surface area (Å²) in [6.45, 7) is 5.50. The van der Waals surface area contributed by atoms with Gasteiger partial charge in [-0.15, -0.1) is 35.1 Å². The van der Waals surface area contributed by atoms with Crippen LogP contribution in [-0.2, 0) is 32.4 Å². The van der Waals surface area contributed by atoms with Crippen molar-refractivity contribution in [1.82, 2.24) is 25.0 Å². The number of thiophene rings is 2. The highest BCUT2D eigenvalue weighted by Gasteiger charge is 2.30. The van der Waals surface area contributed by atoms with Gasteiger partial charge in [0.15, 0.2) is 0 Å². The number of urea groups is 1. The number of anilines is 1. The number of nitrogens with one attached hydrogen (secondary N) is 3. The largest absolute Gasteiger partial charge is 0.336 e. The van der Waals surface area contributed by atoms with Crippen LogP contribution in [-0.4, -0.2) is 66.1 Å². The van der Waals surface area contributed by atoms with E-state index in [2.05, 4.69) is 44.9 Å². The maximum absolute atomic E-state index is 13.7. The standard InChI is InChI=1S/C27H34N6O2S2.ClH/c1-31-12-14-32(15-13-31)25(34)23-19-6-2-3-7-21(19)36-24(23)30-27(35)29-16-20-18-8-9-28-17-22(18)37-26(20)33-10-4-5-11-33;/h4-5,10-11,28H,2-3,6-9,12-17H2,1H3,(H2,29,30,35);1H. The van der Waals surface area contributed by atoms with Crippen molar-refractivity contribution in [1.29, 1.82) is 0 Å². The van der Waals surface area contributed by atoms with Crippen molar-refractivity contribution in [3.63, 3.8) is 0 Å². The third-order valence-electron chi connectivity index (χ3n) is 7.68. The monoisotopic (exact) mass is 574 g/mol. The number of fused-ring (bicyclic) bond motifs is 2. The van der Waals surface area contributed by atoms with E-state index < -0.39 is 0 Å². The van der Waals surface area contributed by atoms with Gasteiger partial charge in [-0.1, -0.05) is 0 Å². The minimum absolute atomic E-state index is 0. The van der Waals surface area contributed by atoms with Crippen molar-refractivity contribution in [2.75, 3.05) is 45.1 Å². The van der Waals surface area contributed by atoms with Crippen LogP contribution in [0, 0.1) is 0 Å². The van der Waals surface area contributed by atoms with Crippen LogP contribution >= 0.6 is 35.1 Å². The van der Waals surface area contributed by atoms with Crippen LogP contribution in [0.4, 0.5) is 9.80 Å². The molecule has 3 aliphatic rings. The molecule has 0 bridgehead atoms. The highest BCUT2D eigenvalue weighted by atomic mass is 35.5. The zero-order valence-electron chi connectivity index (χ0n) is 21.7. The molecule has 3 aromatic heterocycles. The minimum atomic E-state index is -0.252. The molecule has 5 heterocycles. The van der Waals surface area contributed by atoms with Crippen molar-refractivity contribution in [3.05, 3.63) is 56.5 Å². The third-order valence-corrected chi connectivity index (χ3v) is 10.2. The highest BCUT2D eigenvalue weighted by Crippen LogP contribution is 2.39. The Morgan fingerprint density at radius 1 is 0.974 bits per heavy atom. The van der Waals surface area contributed by atoms with Crippen molar-refractivity contribution in [2.45, 2.75) is 45.2 Å². The lowest BCUT2D eigenvalue weighted by Gasteiger charge is -2.33. The molecular formula is C27H35ClN6O2S2. The van der Waals surface area contributed by atoms with Gasteiger partial charge < -0.3 is 25.0 Å². The Labute approximate surface area is 237 Å². The molecule has 3 N–H and O–H groups in total. The molecule has 0 aromatic carbocycles.